The molecule has 11 nitrogen and oxygen atoms in total. The third kappa shape index (κ3) is 3.72. The highest BCUT2D eigenvalue weighted by Gasteiger charge is 2.20. The Hall–Kier alpha value is -4.17. The van der Waals surface area contributed by atoms with Crippen molar-refractivity contribution in [2.75, 3.05) is 5.32 Å². The van der Waals surface area contributed by atoms with Gasteiger partial charge in [-0.05, 0) is 25.0 Å². The summed E-state index contributed by atoms with van der Waals surface area (Å²) in [5.74, 6) is 0.482. The monoisotopic (exact) mass is 435 g/mol. The Morgan fingerprint density at radius 2 is 2.19 bits per heavy atom. The number of fused-ring (bicyclic) bond motifs is 1. The Morgan fingerprint density at radius 1 is 1.35 bits per heavy atom. The van der Waals surface area contributed by atoms with Gasteiger partial charge in [-0.25, -0.2) is 14.8 Å². The number of aromatic hydroxyl groups is 1. The summed E-state index contributed by atoms with van der Waals surface area (Å²) in [6.07, 6.45) is 6.55. The topological polar surface area (TPSA) is 160 Å². The number of nitrogens with one attached hydrogen (secondary N) is 3. The molecule has 5 rings (SSSR count). The number of nitriles is 1. The van der Waals surface area contributed by atoms with Crippen molar-refractivity contribution in [1.29, 1.82) is 5.26 Å². The number of hydrogen-bond acceptors (Lipinski definition) is 8. The quantitative estimate of drug-likeness (QED) is 0.367. The standard InChI is InChI=1S/C19H14ClN9O2/c20-12-3-9(6-21)7-22-16(12)26-14-5-15(24-11-1-2-11)29-17(27-14)10(8-23-29)4-13-18(30)28-19(31)25-13/h3-5,7-8,11,30H,1-2H2,(H,22,26)(H2,25,28,31)/b10-4+,24-15?. The van der Waals surface area contributed by atoms with E-state index in [0.717, 1.165) is 12.8 Å². The molecule has 4 heterocycles. The highest BCUT2D eigenvalue weighted by atomic mass is 35.5. The van der Waals surface area contributed by atoms with Crippen LogP contribution in [0.15, 0.2) is 34.3 Å². The lowest BCUT2D eigenvalue weighted by molar-refractivity contribution is 0.454. The molecule has 0 amide bonds. The molecule has 0 spiro atoms. The average Bonchev–Trinajstić information content (AvgIpc) is 3.38. The SMILES string of the molecule is N#Cc1cnc(Nc2cc(=NC3CC3)n3nc/c(=C\c4[nH]c(=O)[nH]c4O)c3n2)c(Cl)c1. The molecule has 1 aliphatic carbocycles. The van der Waals surface area contributed by atoms with E-state index in [4.69, 9.17) is 16.9 Å². The third-order valence-electron chi connectivity index (χ3n) is 4.59. The highest BCUT2D eigenvalue weighted by molar-refractivity contribution is 6.33. The molecule has 4 aromatic heterocycles. The number of pyridine rings is 1. The maximum atomic E-state index is 11.4. The maximum absolute atomic E-state index is 11.4. The molecule has 4 N–H and O–H groups in total. The van der Waals surface area contributed by atoms with Gasteiger partial charge in [0.1, 0.15) is 23.4 Å². The molecule has 31 heavy (non-hydrogen) atoms. The molecule has 0 unspecified atom stereocenters. The summed E-state index contributed by atoms with van der Waals surface area (Å²) in [6.45, 7) is 0. The van der Waals surface area contributed by atoms with Crippen molar-refractivity contribution in [2.24, 2.45) is 4.99 Å². The summed E-state index contributed by atoms with van der Waals surface area (Å²) in [5.41, 5.74) is 1.07. The van der Waals surface area contributed by atoms with Gasteiger partial charge in [-0.15, -0.1) is 0 Å². The van der Waals surface area contributed by atoms with E-state index in [1.165, 1.54) is 12.3 Å². The number of aromatic amines is 2. The number of hydrogen-bond donors (Lipinski definition) is 4. The second-order valence-electron chi connectivity index (χ2n) is 6.97. The van der Waals surface area contributed by atoms with Gasteiger partial charge in [0.15, 0.2) is 11.1 Å². The summed E-state index contributed by atoms with van der Waals surface area (Å²) in [7, 11) is 0. The van der Waals surface area contributed by atoms with Crippen LogP contribution in [0.5, 0.6) is 5.88 Å². The zero-order chi connectivity index (χ0) is 21.5. The Morgan fingerprint density at radius 3 is 2.87 bits per heavy atom. The molecule has 0 radical (unpaired) electrons. The molecule has 1 fully saturated rings. The van der Waals surface area contributed by atoms with Crippen molar-refractivity contribution in [3.05, 3.63) is 62.0 Å². The summed E-state index contributed by atoms with van der Waals surface area (Å²) in [5, 5.41) is 27.1. The van der Waals surface area contributed by atoms with Crippen LogP contribution < -0.4 is 21.7 Å². The highest BCUT2D eigenvalue weighted by Crippen LogP contribution is 2.24. The number of halogens is 1. The van der Waals surface area contributed by atoms with Gasteiger partial charge in [0, 0.05) is 17.5 Å². The van der Waals surface area contributed by atoms with Crippen molar-refractivity contribution in [3.63, 3.8) is 0 Å². The predicted molar refractivity (Wildman–Crippen MR) is 111 cm³/mol. The van der Waals surface area contributed by atoms with Gasteiger partial charge in [0.2, 0.25) is 5.88 Å². The van der Waals surface area contributed by atoms with Crippen LogP contribution in [0.25, 0.3) is 11.7 Å². The summed E-state index contributed by atoms with van der Waals surface area (Å²) in [6, 6.07) is 5.46. The zero-order valence-corrected chi connectivity index (χ0v) is 16.6. The largest absolute Gasteiger partial charge is 0.493 e. The minimum absolute atomic E-state index is 0.206. The van der Waals surface area contributed by atoms with E-state index in [2.05, 4.69) is 35.3 Å². The molecule has 1 aliphatic rings. The molecule has 0 bridgehead atoms. The van der Waals surface area contributed by atoms with Crippen LogP contribution in [0.3, 0.4) is 0 Å². The normalized spacial score (nSPS) is 14.8. The fourth-order valence-corrected chi connectivity index (χ4v) is 3.19. The minimum Gasteiger partial charge on any atom is -0.493 e. The first-order valence-electron chi connectivity index (χ1n) is 9.28. The maximum Gasteiger partial charge on any atom is 0.326 e. The van der Waals surface area contributed by atoms with Crippen LogP contribution in [-0.4, -0.2) is 40.7 Å². The van der Waals surface area contributed by atoms with Gasteiger partial charge in [-0.2, -0.15) is 14.9 Å². The van der Waals surface area contributed by atoms with Crippen molar-refractivity contribution >= 4 is 35.0 Å². The lowest BCUT2D eigenvalue weighted by Crippen LogP contribution is -2.20. The summed E-state index contributed by atoms with van der Waals surface area (Å²) >= 11 is 6.23. The van der Waals surface area contributed by atoms with Crippen LogP contribution in [0.1, 0.15) is 24.1 Å². The van der Waals surface area contributed by atoms with E-state index < -0.39 is 5.69 Å². The molecular weight excluding hydrogens is 422 g/mol. The van der Waals surface area contributed by atoms with E-state index in [-0.39, 0.29) is 22.6 Å². The second-order valence-corrected chi connectivity index (χ2v) is 7.38. The smallest absolute Gasteiger partial charge is 0.326 e. The predicted octanol–water partition coefficient (Wildman–Crippen LogP) is 0.726. The number of nitrogens with zero attached hydrogens (tertiary/aromatic N) is 6. The van der Waals surface area contributed by atoms with E-state index in [9.17, 15) is 9.90 Å². The first kappa shape index (κ1) is 18.8. The van der Waals surface area contributed by atoms with Crippen LogP contribution in [0.2, 0.25) is 5.02 Å². The fourth-order valence-electron chi connectivity index (χ4n) is 2.97. The van der Waals surface area contributed by atoms with Crippen molar-refractivity contribution in [2.45, 2.75) is 18.9 Å². The zero-order valence-electron chi connectivity index (χ0n) is 15.8. The second kappa shape index (κ2) is 7.26. The van der Waals surface area contributed by atoms with Crippen LogP contribution in [0.4, 0.5) is 11.6 Å². The van der Waals surface area contributed by atoms with Gasteiger partial charge in [-0.1, -0.05) is 11.6 Å². The Balaban J connectivity index is 1.66. The molecule has 154 valence electrons. The van der Waals surface area contributed by atoms with Crippen molar-refractivity contribution < 1.29 is 5.11 Å². The lowest BCUT2D eigenvalue weighted by Gasteiger charge is -2.07. The number of aromatic nitrogens is 6. The number of rotatable bonds is 4. The number of anilines is 2. The first-order valence-corrected chi connectivity index (χ1v) is 9.66. The fraction of sp³-hybridized carbons (Fsp3) is 0.158. The van der Waals surface area contributed by atoms with E-state index in [1.54, 1.807) is 22.9 Å². The average molecular weight is 436 g/mol. The number of H-pyrrole nitrogens is 2. The molecule has 0 atom stereocenters. The van der Waals surface area contributed by atoms with E-state index in [0.29, 0.717) is 33.6 Å². The summed E-state index contributed by atoms with van der Waals surface area (Å²) in [4.78, 5) is 29.6. The minimum atomic E-state index is -0.526. The molecule has 4 aromatic rings. The third-order valence-corrected chi connectivity index (χ3v) is 4.88. The van der Waals surface area contributed by atoms with Crippen molar-refractivity contribution in [3.8, 4) is 11.9 Å². The van der Waals surface area contributed by atoms with Crippen LogP contribution in [0, 0.1) is 11.3 Å². The van der Waals surface area contributed by atoms with Gasteiger partial charge in [0.05, 0.1) is 22.8 Å². The van der Waals surface area contributed by atoms with Crippen LogP contribution in [-0.2, 0) is 0 Å². The Kier molecular flexibility index (Phi) is 4.41. The molecule has 12 heteroatoms. The molecule has 0 saturated heterocycles. The van der Waals surface area contributed by atoms with Gasteiger partial charge >= 0.3 is 5.69 Å². The summed E-state index contributed by atoms with van der Waals surface area (Å²) < 4.78 is 1.59. The van der Waals surface area contributed by atoms with Gasteiger partial charge in [-0.3, -0.25) is 9.98 Å². The van der Waals surface area contributed by atoms with Crippen molar-refractivity contribution in [1.82, 2.24) is 29.5 Å². The van der Waals surface area contributed by atoms with Crippen LogP contribution >= 0.6 is 11.6 Å². The Bertz CT molecular complexity index is 1540. The molecule has 1 saturated carbocycles. The van der Waals surface area contributed by atoms with Gasteiger partial charge in [0.25, 0.3) is 0 Å². The first-order chi connectivity index (χ1) is 15.0. The van der Waals surface area contributed by atoms with E-state index in [1.807, 2.05) is 6.07 Å². The number of imidazole rings is 1. The van der Waals surface area contributed by atoms with E-state index >= 15 is 0 Å². The molecular formula is C19H14ClN9O2. The Labute approximate surface area is 178 Å². The molecule has 0 aliphatic heterocycles. The molecule has 0 aromatic carbocycles. The van der Waals surface area contributed by atoms with Gasteiger partial charge < -0.3 is 15.4 Å². The lowest BCUT2D eigenvalue weighted by atomic mass is 10.3.